The summed E-state index contributed by atoms with van der Waals surface area (Å²) in [6.07, 6.45) is 3.64. The molecule has 1 aromatic rings. The molecule has 1 aliphatic heterocycles. The smallest absolute Gasteiger partial charge is 0.191 e. The summed E-state index contributed by atoms with van der Waals surface area (Å²) < 4.78 is 5.30. The Morgan fingerprint density at radius 2 is 1.85 bits per heavy atom. The van der Waals surface area contributed by atoms with E-state index in [1.165, 1.54) is 18.4 Å². The van der Waals surface area contributed by atoms with Crippen LogP contribution in [0.25, 0.3) is 0 Å². The van der Waals surface area contributed by atoms with Crippen molar-refractivity contribution < 1.29 is 4.74 Å². The molecule has 1 fully saturated rings. The molecule has 0 aliphatic carbocycles. The number of ether oxygens (including phenoxy) is 1. The van der Waals surface area contributed by atoms with Crippen LogP contribution in [-0.4, -0.2) is 50.2 Å². The Kier molecular flexibility index (Phi) is 11.0. The van der Waals surface area contributed by atoms with Gasteiger partial charge in [-0.2, -0.15) is 0 Å². The fraction of sp³-hybridized carbons (Fsp3) is 0.650. The van der Waals surface area contributed by atoms with Crippen molar-refractivity contribution in [3.8, 4) is 5.75 Å². The van der Waals surface area contributed by atoms with Crippen LogP contribution in [0.5, 0.6) is 5.75 Å². The van der Waals surface area contributed by atoms with E-state index in [0.29, 0.717) is 12.1 Å². The van der Waals surface area contributed by atoms with Gasteiger partial charge in [-0.1, -0.05) is 19.1 Å². The molecule has 0 saturated carbocycles. The molecule has 2 atom stereocenters. The van der Waals surface area contributed by atoms with Gasteiger partial charge in [0, 0.05) is 12.6 Å². The first-order valence-electron chi connectivity index (χ1n) is 9.60. The summed E-state index contributed by atoms with van der Waals surface area (Å²) >= 11 is 0. The number of aliphatic imine (C=N–C) groups is 1. The lowest BCUT2D eigenvalue weighted by molar-refractivity contribution is 0.251. The van der Waals surface area contributed by atoms with E-state index in [1.54, 1.807) is 7.11 Å². The highest BCUT2D eigenvalue weighted by atomic mass is 127. The van der Waals surface area contributed by atoms with Crippen LogP contribution in [0.15, 0.2) is 29.3 Å². The van der Waals surface area contributed by atoms with E-state index in [0.717, 1.165) is 44.3 Å². The minimum atomic E-state index is 0. The molecule has 1 aliphatic rings. The Balaban J connectivity index is 0.00000338. The van der Waals surface area contributed by atoms with E-state index in [2.05, 4.69) is 48.4 Å². The highest BCUT2D eigenvalue weighted by molar-refractivity contribution is 14.0. The van der Waals surface area contributed by atoms with Crippen molar-refractivity contribution in [2.75, 3.05) is 33.3 Å². The van der Waals surface area contributed by atoms with Gasteiger partial charge in [0.05, 0.1) is 19.7 Å². The zero-order chi connectivity index (χ0) is 18.1. The third-order valence-corrected chi connectivity index (χ3v) is 4.84. The van der Waals surface area contributed by atoms with E-state index in [-0.39, 0.29) is 24.0 Å². The van der Waals surface area contributed by atoms with Crippen molar-refractivity contribution in [3.05, 3.63) is 29.8 Å². The maximum absolute atomic E-state index is 5.30. The number of rotatable bonds is 8. The number of benzene rings is 1. The summed E-state index contributed by atoms with van der Waals surface area (Å²) in [5.41, 5.74) is 1.31. The van der Waals surface area contributed by atoms with E-state index < -0.39 is 0 Å². The van der Waals surface area contributed by atoms with Crippen LogP contribution in [0.1, 0.15) is 51.6 Å². The largest absolute Gasteiger partial charge is 0.497 e. The van der Waals surface area contributed by atoms with Gasteiger partial charge in [0.1, 0.15) is 5.75 Å². The van der Waals surface area contributed by atoms with Gasteiger partial charge < -0.3 is 15.4 Å². The van der Waals surface area contributed by atoms with Crippen LogP contribution in [0, 0.1) is 0 Å². The first kappa shape index (κ1) is 23.0. The van der Waals surface area contributed by atoms with Crippen LogP contribution in [-0.2, 0) is 0 Å². The first-order valence-corrected chi connectivity index (χ1v) is 9.60. The number of hydrogen-bond donors (Lipinski definition) is 2. The Morgan fingerprint density at radius 1 is 1.19 bits per heavy atom. The van der Waals surface area contributed by atoms with Gasteiger partial charge in [-0.3, -0.25) is 9.89 Å². The van der Waals surface area contributed by atoms with Crippen LogP contribution >= 0.6 is 24.0 Å². The molecule has 2 N–H and O–H groups in total. The van der Waals surface area contributed by atoms with Crippen molar-refractivity contribution in [2.24, 2.45) is 4.99 Å². The van der Waals surface area contributed by atoms with E-state index in [9.17, 15) is 0 Å². The number of halogens is 1. The summed E-state index contributed by atoms with van der Waals surface area (Å²) in [5, 5.41) is 6.85. The monoisotopic (exact) mass is 474 g/mol. The highest BCUT2D eigenvalue weighted by Crippen LogP contribution is 2.27. The fourth-order valence-corrected chi connectivity index (χ4v) is 3.14. The fourth-order valence-electron chi connectivity index (χ4n) is 3.14. The molecule has 148 valence electrons. The number of nitrogens with zero attached hydrogens (tertiary/aromatic N) is 2. The third-order valence-electron chi connectivity index (χ3n) is 4.84. The average Bonchev–Trinajstić information content (AvgIpc) is 3.16. The molecule has 1 heterocycles. The molecule has 6 heteroatoms. The Bertz CT molecular complexity index is 529. The predicted molar refractivity (Wildman–Crippen MR) is 121 cm³/mol. The molecule has 0 bridgehead atoms. The third kappa shape index (κ3) is 6.95. The quantitative estimate of drug-likeness (QED) is 0.342. The molecule has 0 aromatic heterocycles. The van der Waals surface area contributed by atoms with Crippen molar-refractivity contribution in [2.45, 2.75) is 52.1 Å². The molecule has 0 spiro atoms. The van der Waals surface area contributed by atoms with Crippen molar-refractivity contribution in [1.82, 2.24) is 15.5 Å². The summed E-state index contributed by atoms with van der Waals surface area (Å²) in [7, 11) is 1.71. The summed E-state index contributed by atoms with van der Waals surface area (Å²) in [6, 6.07) is 9.18. The SMILES string of the molecule is CCNC(=NCC(c1ccc(OC)cc1)N1CCCC1)NC(C)CC.I. The van der Waals surface area contributed by atoms with E-state index in [1.807, 2.05) is 12.1 Å². The number of guanidine groups is 1. The van der Waals surface area contributed by atoms with Gasteiger partial charge in [0.25, 0.3) is 0 Å². The predicted octanol–water partition coefficient (Wildman–Crippen LogP) is 3.80. The standard InChI is InChI=1S/C20H34N4O.HI/c1-5-16(3)23-20(21-6-2)22-15-19(24-13-7-8-14-24)17-9-11-18(25-4)12-10-17;/h9-12,16,19H,5-8,13-15H2,1-4H3,(H2,21,22,23);1H. The molecular formula is C20H35IN4O. The zero-order valence-corrected chi connectivity index (χ0v) is 19.0. The van der Waals surface area contributed by atoms with E-state index >= 15 is 0 Å². The Morgan fingerprint density at radius 3 is 2.38 bits per heavy atom. The Labute approximate surface area is 176 Å². The average molecular weight is 474 g/mol. The lowest BCUT2D eigenvalue weighted by Gasteiger charge is -2.27. The van der Waals surface area contributed by atoms with Gasteiger partial charge in [-0.25, -0.2) is 0 Å². The number of nitrogens with one attached hydrogen (secondary N) is 2. The normalized spacial score (nSPS) is 17.3. The first-order chi connectivity index (χ1) is 12.2. The maximum Gasteiger partial charge on any atom is 0.191 e. The van der Waals surface area contributed by atoms with Crippen molar-refractivity contribution >= 4 is 29.9 Å². The van der Waals surface area contributed by atoms with Gasteiger partial charge in [-0.15, -0.1) is 24.0 Å². The van der Waals surface area contributed by atoms with Crippen LogP contribution in [0.2, 0.25) is 0 Å². The molecular weight excluding hydrogens is 439 g/mol. The van der Waals surface area contributed by atoms with Crippen LogP contribution in [0.3, 0.4) is 0 Å². The van der Waals surface area contributed by atoms with Gasteiger partial charge in [0.2, 0.25) is 0 Å². The topological polar surface area (TPSA) is 48.9 Å². The van der Waals surface area contributed by atoms with Gasteiger partial charge in [0.15, 0.2) is 5.96 Å². The number of hydrogen-bond acceptors (Lipinski definition) is 3. The lowest BCUT2D eigenvalue weighted by atomic mass is 10.1. The Hall–Kier alpha value is -1.02. The molecule has 2 rings (SSSR count). The molecule has 1 saturated heterocycles. The van der Waals surface area contributed by atoms with Crippen molar-refractivity contribution in [1.29, 1.82) is 0 Å². The summed E-state index contributed by atoms with van der Waals surface area (Å²) in [4.78, 5) is 7.44. The number of likely N-dealkylation sites (tertiary alicyclic amines) is 1. The number of methoxy groups -OCH3 is 1. The minimum absolute atomic E-state index is 0. The van der Waals surface area contributed by atoms with Gasteiger partial charge in [-0.05, 0) is 63.9 Å². The maximum atomic E-state index is 5.30. The second-order valence-electron chi connectivity index (χ2n) is 6.71. The second kappa shape index (κ2) is 12.4. The molecule has 1 aromatic carbocycles. The van der Waals surface area contributed by atoms with Crippen molar-refractivity contribution in [3.63, 3.8) is 0 Å². The molecule has 0 amide bonds. The minimum Gasteiger partial charge on any atom is -0.497 e. The second-order valence-corrected chi connectivity index (χ2v) is 6.71. The van der Waals surface area contributed by atoms with Crippen LogP contribution in [0.4, 0.5) is 0 Å². The lowest BCUT2D eigenvalue weighted by Crippen LogP contribution is -2.42. The molecule has 0 radical (unpaired) electrons. The zero-order valence-electron chi connectivity index (χ0n) is 16.6. The highest BCUT2D eigenvalue weighted by Gasteiger charge is 2.23. The van der Waals surface area contributed by atoms with E-state index in [4.69, 9.17) is 9.73 Å². The van der Waals surface area contributed by atoms with Crippen LogP contribution < -0.4 is 15.4 Å². The molecule has 26 heavy (non-hydrogen) atoms. The summed E-state index contributed by atoms with van der Waals surface area (Å²) in [6.45, 7) is 10.4. The summed E-state index contributed by atoms with van der Waals surface area (Å²) in [5.74, 6) is 1.81. The molecule has 5 nitrogen and oxygen atoms in total. The van der Waals surface area contributed by atoms with Gasteiger partial charge >= 0.3 is 0 Å². The molecule has 2 unspecified atom stereocenters.